The largest absolute Gasteiger partial charge is 0.0622 e. The molecule has 0 fully saturated rings. The Kier molecular flexibility index (Phi) is 9.75. The van der Waals surface area contributed by atoms with Crippen molar-refractivity contribution in [3.05, 3.63) is 169 Å². The van der Waals surface area contributed by atoms with Crippen molar-refractivity contribution in [1.82, 2.24) is 0 Å². The summed E-state index contributed by atoms with van der Waals surface area (Å²) >= 11 is 0. The van der Waals surface area contributed by atoms with Crippen LogP contribution in [0.25, 0.3) is 11.1 Å². The van der Waals surface area contributed by atoms with Crippen LogP contribution in [0.5, 0.6) is 0 Å². The number of benzene rings is 6. The molecule has 0 aromatic heterocycles. The van der Waals surface area contributed by atoms with E-state index in [4.69, 9.17) is 0 Å². The summed E-state index contributed by atoms with van der Waals surface area (Å²) in [6.07, 6.45) is 0. The second kappa shape index (κ2) is 13.6. The molecule has 41 heavy (non-hydrogen) atoms. The van der Waals surface area contributed by atoms with Crippen molar-refractivity contribution in [2.24, 2.45) is 0 Å². The van der Waals surface area contributed by atoms with Gasteiger partial charge in [-0.2, -0.15) is 0 Å². The Labute approximate surface area is 259 Å². The van der Waals surface area contributed by atoms with Gasteiger partial charge in [-0.1, -0.05) is 158 Å². The molecule has 0 aliphatic rings. The Morgan fingerprint density at radius 3 is 0.854 bits per heavy atom. The maximum Gasteiger partial charge on any atom is 0 e. The van der Waals surface area contributed by atoms with Gasteiger partial charge >= 0.3 is 0 Å². The molecule has 0 amide bonds. The maximum atomic E-state index is 2.37. The summed E-state index contributed by atoms with van der Waals surface area (Å²) in [5.74, 6) is 0. The van der Waals surface area contributed by atoms with E-state index in [2.05, 4.69) is 172 Å². The maximum absolute atomic E-state index is 2.37. The Hall–Kier alpha value is -3.20. The zero-order chi connectivity index (χ0) is 27.3. The van der Waals surface area contributed by atoms with Gasteiger partial charge in [0.25, 0.3) is 0 Å². The summed E-state index contributed by atoms with van der Waals surface area (Å²) in [6, 6.07) is 58.0. The molecule has 1 radical (unpaired) electrons. The normalized spacial score (nSPS) is 10.9. The fourth-order valence-electron chi connectivity index (χ4n) is 5.49. The molecule has 6 aromatic rings. The summed E-state index contributed by atoms with van der Waals surface area (Å²) < 4.78 is 0. The van der Waals surface area contributed by atoms with Crippen LogP contribution in [0.15, 0.2) is 158 Å². The second-order valence-corrected chi connectivity index (χ2v) is 14.3. The zero-order valence-corrected chi connectivity index (χ0v) is 26.7. The molecule has 6 rings (SSSR count). The third-order valence-corrected chi connectivity index (χ3v) is 12.3. The van der Waals surface area contributed by atoms with Gasteiger partial charge in [0.1, 0.15) is 0 Å². The van der Waals surface area contributed by atoms with Crippen molar-refractivity contribution < 1.29 is 19.5 Å². The van der Waals surface area contributed by atoms with E-state index in [0.717, 1.165) is 0 Å². The molecule has 0 atom stereocenters. The quantitative estimate of drug-likeness (QED) is 0.124. The predicted molar refractivity (Wildman–Crippen MR) is 179 cm³/mol. The zero-order valence-electron chi connectivity index (χ0n) is 23.2. The molecule has 3 heteroatoms. The van der Waals surface area contributed by atoms with Crippen LogP contribution in [0.1, 0.15) is 11.1 Å². The van der Waals surface area contributed by atoms with Crippen LogP contribution in [0.2, 0.25) is 0 Å². The fourth-order valence-corrected chi connectivity index (χ4v) is 10.6. The molecule has 0 aliphatic heterocycles. The van der Waals surface area contributed by atoms with Gasteiger partial charge in [0.05, 0.1) is 0 Å². The monoisotopic (exact) mass is 653 g/mol. The van der Waals surface area contributed by atoms with Gasteiger partial charge in [0.15, 0.2) is 0 Å². The first kappa shape index (κ1) is 29.3. The minimum Gasteiger partial charge on any atom is -0.0622 e. The molecular weight excluding hydrogens is 621 g/mol. The summed E-state index contributed by atoms with van der Waals surface area (Å²) in [5.41, 5.74) is 5.41. The molecule has 0 nitrogen and oxygen atoms in total. The first-order valence-corrected chi connectivity index (χ1v) is 16.4. The molecule has 0 heterocycles. The van der Waals surface area contributed by atoms with E-state index in [-0.39, 0.29) is 19.5 Å². The second-order valence-electron chi connectivity index (χ2n) is 9.95. The molecule has 0 spiro atoms. The Morgan fingerprint density at radius 2 is 0.585 bits per heavy atom. The number of hydrogen-bond acceptors (Lipinski definition) is 0. The van der Waals surface area contributed by atoms with E-state index in [0.29, 0.717) is 0 Å². The molecule has 0 saturated carbocycles. The first-order chi connectivity index (χ1) is 19.7. The van der Waals surface area contributed by atoms with Gasteiger partial charge in [0, 0.05) is 19.5 Å². The molecule has 6 aromatic carbocycles. The van der Waals surface area contributed by atoms with E-state index in [1.807, 2.05) is 0 Å². The molecular formula is C38H32P2Rh. The van der Waals surface area contributed by atoms with Gasteiger partial charge in [-0.25, -0.2) is 0 Å². The average molecular weight is 654 g/mol. The van der Waals surface area contributed by atoms with E-state index in [1.54, 1.807) is 0 Å². The van der Waals surface area contributed by atoms with E-state index in [1.165, 1.54) is 54.1 Å². The molecule has 0 N–H and O–H groups in total. The number of hydrogen-bond donors (Lipinski definition) is 0. The van der Waals surface area contributed by atoms with Crippen molar-refractivity contribution >= 4 is 47.7 Å². The molecule has 0 bridgehead atoms. The van der Waals surface area contributed by atoms with Crippen LogP contribution in [-0.2, 0) is 19.5 Å². The smallest absolute Gasteiger partial charge is 0 e. The van der Waals surface area contributed by atoms with Gasteiger partial charge in [-0.3, -0.25) is 0 Å². The number of aryl methyl sites for hydroxylation is 2. The van der Waals surface area contributed by atoms with Crippen LogP contribution >= 0.6 is 15.8 Å². The molecule has 0 saturated heterocycles. The van der Waals surface area contributed by atoms with Crippen molar-refractivity contribution in [2.75, 3.05) is 0 Å². The topological polar surface area (TPSA) is 0 Å². The Balaban J connectivity index is 0.00000337. The SMILES string of the molecule is Cc1cccc(P(c2ccccc2)c2ccccc2)c1-c1c(C)cccc1P(c1ccccc1)c1ccccc1.[Rh]. The Bertz CT molecular complexity index is 1490. The third-order valence-electron chi connectivity index (χ3n) is 7.29. The first-order valence-electron chi connectivity index (χ1n) is 13.7. The summed E-state index contributed by atoms with van der Waals surface area (Å²) in [6.45, 7) is 4.57. The van der Waals surface area contributed by atoms with Crippen molar-refractivity contribution in [2.45, 2.75) is 13.8 Å². The third kappa shape index (κ3) is 6.20. The van der Waals surface area contributed by atoms with Crippen molar-refractivity contribution in [3.63, 3.8) is 0 Å². The van der Waals surface area contributed by atoms with Crippen LogP contribution in [0.4, 0.5) is 0 Å². The minimum absolute atomic E-state index is 0. The molecule has 0 unspecified atom stereocenters. The van der Waals surface area contributed by atoms with Crippen molar-refractivity contribution in [1.29, 1.82) is 0 Å². The Morgan fingerprint density at radius 1 is 0.317 bits per heavy atom. The van der Waals surface area contributed by atoms with Gasteiger partial charge < -0.3 is 0 Å². The van der Waals surface area contributed by atoms with E-state index >= 15 is 0 Å². The predicted octanol–water partition coefficient (Wildman–Crippen LogP) is 7.48. The van der Waals surface area contributed by atoms with E-state index < -0.39 is 15.8 Å². The fraction of sp³-hybridized carbons (Fsp3) is 0.0526. The van der Waals surface area contributed by atoms with Gasteiger partial charge in [-0.15, -0.1) is 0 Å². The minimum atomic E-state index is -0.752. The summed E-state index contributed by atoms with van der Waals surface area (Å²) in [4.78, 5) is 0. The van der Waals surface area contributed by atoms with Crippen LogP contribution in [0, 0.1) is 13.8 Å². The number of rotatable bonds is 7. The molecule has 0 aliphatic carbocycles. The summed E-state index contributed by atoms with van der Waals surface area (Å²) in [7, 11) is -1.50. The summed E-state index contributed by atoms with van der Waals surface area (Å²) in [5, 5.41) is 8.33. The van der Waals surface area contributed by atoms with Crippen molar-refractivity contribution in [3.8, 4) is 11.1 Å². The van der Waals surface area contributed by atoms with Crippen LogP contribution < -0.4 is 31.8 Å². The van der Waals surface area contributed by atoms with Crippen LogP contribution in [0.3, 0.4) is 0 Å². The standard InChI is InChI=1S/C38H32P2.Rh/c1-29-17-15-27-35(39(31-19-7-3-8-20-31)32-21-9-4-10-22-32)37(29)38-30(2)18-16-28-36(38)40(33-23-11-5-12-24-33)34-25-13-6-14-26-34;/h3-28H,1-2H3;. The van der Waals surface area contributed by atoms with E-state index in [9.17, 15) is 0 Å². The average Bonchev–Trinajstić information content (AvgIpc) is 3.01. The molecule has 203 valence electrons. The van der Waals surface area contributed by atoms with Crippen LogP contribution in [-0.4, -0.2) is 0 Å². The van der Waals surface area contributed by atoms with Gasteiger partial charge in [0.2, 0.25) is 0 Å². The van der Waals surface area contributed by atoms with Gasteiger partial charge in [-0.05, 0) is 83.8 Å².